The molecular weight excluding hydrogens is 370 g/mol. The van der Waals surface area contributed by atoms with Gasteiger partial charge in [-0.05, 0) is 43.7 Å². The molecule has 0 atom stereocenters. The Kier molecular flexibility index (Phi) is 5.21. The Bertz CT molecular complexity index is 896. The molecule has 1 aromatic carbocycles. The van der Waals surface area contributed by atoms with Crippen LogP contribution in [0.25, 0.3) is 10.9 Å². The van der Waals surface area contributed by atoms with Crippen molar-refractivity contribution >= 4 is 45.1 Å². The zero-order valence-electron chi connectivity index (χ0n) is 14.0. The van der Waals surface area contributed by atoms with E-state index in [1.807, 2.05) is 18.2 Å². The standard InChI is InChI=1S/C17H19N5O2S2/c18-26-17-20-9-14(25-17)21-16-19-8-10-2-1-3-13(15(10)22-16)24-12-6-4-11(23)5-7-12/h1-3,8-9,11-12,23H,4-7,18H2,(H,19,21,22). The molecule has 3 aromatic rings. The van der Waals surface area contributed by atoms with Crippen LogP contribution in [0.2, 0.25) is 0 Å². The van der Waals surface area contributed by atoms with E-state index >= 15 is 0 Å². The Labute approximate surface area is 159 Å². The molecule has 2 heterocycles. The summed E-state index contributed by atoms with van der Waals surface area (Å²) in [7, 11) is 0. The molecule has 9 heteroatoms. The lowest BCUT2D eigenvalue weighted by Crippen LogP contribution is -2.26. The van der Waals surface area contributed by atoms with Crippen molar-refractivity contribution in [2.45, 2.75) is 42.2 Å². The average molecular weight is 390 g/mol. The lowest BCUT2D eigenvalue weighted by molar-refractivity contribution is 0.0672. The number of benzene rings is 1. The Morgan fingerprint density at radius 1 is 1.19 bits per heavy atom. The topological polar surface area (TPSA) is 106 Å². The Morgan fingerprint density at radius 3 is 2.81 bits per heavy atom. The second-order valence-electron chi connectivity index (χ2n) is 6.17. The van der Waals surface area contributed by atoms with Crippen LogP contribution >= 0.6 is 23.3 Å². The molecule has 0 unspecified atom stereocenters. The molecule has 1 fully saturated rings. The number of para-hydroxylation sites is 1. The van der Waals surface area contributed by atoms with Crippen LogP contribution < -0.4 is 15.2 Å². The van der Waals surface area contributed by atoms with Crippen molar-refractivity contribution in [1.82, 2.24) is 15.0 Å². The minimum Gasteiger partial charge on any atom is -0.488 e. The number of nitrogens with one attached hydrogen (secondary N) is 1. The van der Waals surface area contributed by atoms with E-state index in [1.165, 1.54) is 11.3 Å². The number of anilines is 2. The summed E-state index contributed by atoms with van der Waals surface area (Å²) in [6.45, 7) is 0. The predicted molar refractivity (Wildman–Crippen MR) is 104 cm³/mol. The summed E-state index contributed by atoms with van der Waals surface area (Å²) in [6, 6.07) is 5.84. The molecule has 26 heavy (non-hydrogen) atoms. The Balaban J connectivity index is 1.57. The van der Waals surface area contributed by atoms with Gasteiger partial charge in [-0.3, -0.25) is 5.14 Å². The van der Waals surface area contributed by atoms with Gasteiger partial charge in [-0.2, -0.15) is 0 Å². The van der Waals surface area contributed by atoms with Crippen molar-refractivity contribution in [3.05, 3.63) is 30.6 Å². The van der Waals surface area contributed by atoms with Crippen molar-refractivity contribution in [2.75, 3.05) is 5.32 Å². The SMILES string of the molecule is NSc1ncc(Nc2ncc3cccc(OC4CCC(O)CC4)c3n2)s1. The summed E-state index contributed by atoms with van der Waals surface area (Å²) in [4.78, 5) is 13.2. The highest BCUT2D eigenvalue weighted by Crippen LogP contribution is 2.30. The number of aromatic nitrogens is 3. The zero-order valence-corrected chi connectivity index (χ0v) is 15.6. The van der Waals surface area contributed by atoms with Crippen LogP contribution in [0, 0.1) is 0 Å². The summed E-state index contributed by atoms with van der Waals surface area (Å²) >= 11 is 2.56. The van der Waals surface area contributed by atoms with E-state index in [1.54, 1.807) is 12.4 Å². The molecule has 1 aliphatic rings. The first kappa shape index (κ1) is 17.5. The van der Waals surface area contributed by atoms with Gasteiger partial charge in [0.05, 0.1) is 18.4 Å². The average Bonchev–Trinajstić information content (AvgIpc) is 3.12. The molecule has 4 rings (SSSR count). The molecule has 2 aromatic heterocycles. The molecule has 1 aliphatic carbocycles. The van der Waals surface area contributed by atoms with Crippen molar-refractivity contribution in [3.8, 4) is 5.75 Å². The van der Waals surface area contributed by atoms with Gasteiger partial charge in [0, 0.05) is 11.6 Å². The summed E-state index contributed by atoms with van der Waals surface area (Å²) < 4.78 is 6.96. The third-order valence-corrected chi connectivity index (χ3v) is 5.88. The van der Waals surface area contributed by atoms with Gasteiger partial charge < -0.3 is 15.2 Å². The summed E-state index contributed by atoms with van der Waals surface area (Å²) in [5.41, 5.74) is 0.772. The van der Waals surface area contributed by atoms with Gasteiger partial charge in [-0.1, -0.05) is 23.5 Å². The van der Waals surface area contributed by atoms with Crippen LogP contribution in [-0.2, 0) is 0 Å². The van der Waals surface area contributed by atoms with Crippen LogP contribution in [0.3, 0.4) is 0 Å². The maximum absolute atomic E-state index is 9.66. The number of ether oxygens (including phenoxy) is 1. The van der Waals surface area contributed by atoms with Gasteiger partial charge in [0.25, 0.3) is 0 Å². The predicted octanol–water partition coefficient (Wildman–Crippen LogP) is 3.48. The number of nitrogens with zero attached hydrogens (tertiary/aromatic N) is 3. The van der Waals surface area contributed by atoms with E-state index in [0.29, 0.717) is 5.95 Å². The normalized spacial score (nSPS) is 20.2. The van der Waals surface area contributed by atoms with Crippen LogP contribution in [0.1, 0.15) is 25.7 Å². The third-order valence-electron chi connectivity index (χ3n) is 4.33. The van der Waals surface area contributed by atoms with E-state index in [9.17, 15) is 5.11 Å². The summed E-state index contributed by atoms with van der Waals surface area (Å²) in [6.07, 6.45) is 6.68. The second kappa shape index (κ2) is 7.75. The first-order valence-electron chi connectivity index (χ1n) is 8.41. The number of nitrogens with two attached hydrogens (primary N) is 1. The third kappa shape index (κ3) is 3.90. The fourth-order valence-electron chi connectivity index (χ4n) is 3.01. The maximum Gasteiger partial charge on any atom is 0.228 e. The molecule has 0 spiro atoms. The van der Waals surface area contributed by atoms with Crippen molar-refractivity contribution < 1.29 is 9.84 Å². The van der Waals surface area contributed by atoms with Gasteiger partial charge in [0.1, 0.15) is 16.3 Å². The molecule has 1 saturated carbocycles. The monoisotopic (exact) mass is 389 g/mol. The summed E-state index contributed by atoms with van der Waals surface area (Å²) in [5.74, 6) is 1.24. The highest BCUT2D eigenvalue weighted by molar-refractivity contribution is 7.98. The van der Waals surface area contributed by atoms with Crippen molar-refractivity contribution in [1.29, 1.82) is 0 Å². The largest absolute Gasteiger partial charge is 0.488 e. The van der Waals surface area contributed by atoms with Crippen LogP contribution in [0.5, 0.6) is 5.75 Å². The number of hydrogen-bond donors (Lipinski definition) is 3. The lowest BCUT2D eigenvalue weighted by atomic mass is 9.95. The van der Waals surface area contributed by atoms with E-state index in [0.717, 1.165) is 63.6 Å². The lowest BCUT2D eigenvalue weighted by Gasteiger charge is -2.26. The Morgan fingerprint density at radius 2 is 2.04 bits per heavy atom. The molecule has 0 bridgehead atoms. The van der Waals surface area contributed by atoms with Gasteiger partial charge >= 0.3 is 0 Å². The van der Waals surface area contributed by atoms with E-state index in [4.69, 9.17) is 9.88 Å². The minimum absolute atomic E-state index is 0.112. The number of aliphatic hydroxyl groups excluding tert-OH is 1. The zero-order chi connectivity index (χ0) is 17.9. The number of hydrogen-bond acceptors (Lipinski definition) is 9. The molecule has 4 N–H and O–H groups in total. The highest BCUT2D eigenvalue weighted by atomic mass is 32.2. The van der Waals surface area contributed by atoms with Crippen LogP contribution in [0.15, 0.2) is 34.9 Å². The van der Waals surface area contributed by atoms with Gasteiger partial charge in [-0.15, -0.1) is 0 Å². The molecule has 0 radical (unpaired) electrons. The summed E-state index contributed by atoms with van der Waals surface area (Å²) in [5, 5.41) is 20.1. The van der Waals surface area contributed by atoms with Crippen LogP contribution in [0.4, 0.5) is 10.9 Å². The first-order chi connectivity index (χ1) is 12.7. The number of rotatable bonds is 5. The molecule has 0 amide bonds. The van der Waals surface area contributed by atoms with Crippen molar-refractivity contribution in [3.63, 3.8) is 0 Å². The molecule has 0 saturated heterocycles. The number of fused-ring (bicyclic) bond motifs is 1. The maximum atomic E-state index is 9.66. The minimum atomic E-state index is -0.198. The van der Waals surface area contributed by atoms with E-state index in [-0.39, 0.29) is 12.2 Å². The van der Waals surface area contributed by atoms with E-state index in [2.05, 4.69) is 20.3 Å². The number of thiazole rings is 1. The number of aliphatic hydroxyl groups is 1. The smallest absolute Gasteiger partial charge is 0.228 e. The quantitative estimate of drug-likeness (QED) is 0.570. The van der Waals surface area contributed by atoms with E-state index < -0.39 is 0 Å². The molecule has 136 valence electrons. The molecular formula is C17H19N5O2S2. The van der Waals surface area contributed by atoms with Crippen LogP contribution in [-0.4, -0.2) is 32.3 Å². The fourth-order valence-corrected chi connectivity index (χ4v) is 4.12. The van der Waals surface area contributed by atoms with Gasteiger partial charge in [0.15, 0.2) is 4.34 Å². The fraction of sp³-hybridized carbons (Fsp3) is 0.353. The van der Waals surface area contributed by atoms with Gasteiger partial charge in [-0.25, -0.2) is 15.0 Å². The highest BCUT2D eigenvalue weighted by Gasteiger charge is 2.21. The molecule has 7 nitrogen and oxygen atoms in total. The first-order valence-corrected chi connectivity index (χ1v) is 10.1. The van der Waals surface area contributed by atoms with Gasteiger partial charge in [0.2, 0.25) is 5.95 Å². The Hall–Kier alpha value is -1.94. The van der Waals surface area contributed by atoms with Crippen molar-refractivity contribution in [2.24, 2.45) is 5.14 Å². The molecule has 0 aliphatic heterocycles. The second-order valence-corrected chi connectivity index (χ2v) is 8.08.